The zero-order chi connectivity index (χ0) is 6.73. The first-order valence-electron chi connectivity index (χ1n) is 2.75. The highest BCUT2D eigenvalue weighted by Crippen LogP contribution is 1.98. The third kappa shape index (κ3) is 2.26. The van der Waals surface area contributed by atoms with E-state index in [2.05, 4.69) is 0 Å². The van der Waals surface area contributed by atoms with E-state index in [4.69, 9.17) is 16.6 Å². The molecular formula is C5H14N2O. The fourth-order valence-electron chi connectivity index (χ4n) is 0.394. The Kier molecular flexibility index (Phi) is 2.97. The topological polar surface area (TPSA) is 72.3 Å². The molecule has 0 saturated heterocycles. The second kappa shape index (κ2) is 3.02. The molecular weight excluding hydrogens is 104 g/mol. The summed E-state index contributed by atoms with van der Waals surface area (Å²) in [7, 11) is 0. The summed E-state index contributed by atoms with van der Waals surface area (Å²) in [6.45, 7) is 3.83. The van der Waals surface area contributed by atoms with Gasteiger partial charge < -0.3 is 16.6 Å². The van der Waals surface area contributed by atoms with Crippen LogP contribution in [0.3, 0.4) is 0 Å². The molecule has 0 aromatic rings. The molecule has 0 radical (unpaired) electrons. The van der Waals surface area contributed by atoms with Crippen molar-refractivity contribution in [3.05, 3.63) is 0 Å². The molecule has 3 heteroatoms. The molecule has 2 atom stereocenters. The molecule has 0 aromatic carbocycles. The van der Waals surface area contributed by atoms with E-state index < -0.39 is 6.23 Å². The van der Waals surface area contributed by atoms with Crippen LogP contribution in [0.15, 0.2) is 0 Å². The molecule has 0 bridgehead atoms. The summed E-state index contributed by atoms with van der Waals surface area (Å²) in [6.07, 6.45) is -0.880. The molecule has 8 heavy (non-hydrogen) atoms. The summed E-state index contributed by atoms with van der Waals surface area (Å²) in [5.74, 6) is 0.245. The Morgan fingerprint density at radius 3 is 1.62 bits per heavy atom. The van der Waals surface area contributed by atoms with Gasteiger partial charge in [-0.1, -0.05) is 13.8 Å². The van der Waals surface area contributed by atoms with Crippen LogP contribution >= 0.6 is 0 Å². The fraction of sp³-hybridized carbons (Fsp3) is 1.00. The Balaban J connectivity index is 3.46. The molecule has 0 heterocycles. The monoisotopic (exact) mass is 118 g/mol. The van der Waals surface area contributed by atoms with E-state index in [1.807, 2.05) is 13.8 Å². The number of aliphatic hydroxyl groups is 1. The van der Waals surface area contributed by atoms with Crippen LogP contribution in [-0.2, 0) is 0 Å². The van der Waals surface area contributed by atoms with Gasteiger partial charge in [0.1, 0.15) is 6.23 Å². The fourth-order valence-corrected chi connectivity index (χ4v) is 0.394. The molecule has 0 spiro atoms. The molecule has 0 rings (SSSR count). The maximum absolute atomic E-state index is 8.64. The van der Waals surface area contributed by atoms with Gasteiger partial charge in [-0.05, 0) is 5.92 Å². The summed E-state index contributed by atoms with van der Waals surface area (Å²) in [6, 6.07) is -0.296. The summed E-state index contributed by atoms with van der Waals surface area (Å²) >= 11 is 0. The van der Waals surface area contributed by atoms with E-state index in [-0.39, 0.29) is 12.0 Å². The Bertz CT molecular complexity index is 55.4. The lowest BCUT2D eigenvalue weighted by Crippen LogP contribution is -2.44. The maximum atomic E-state index is 8.64. The van der Waals surface area contributed by atoms with E-state index in [0.717, 1.165) is 0 Å². The smallest absolute Gasteiger partial charge is 0.117 e. The van der Waals surface area contributed by atoms with Gasteiger partial charge in [-0.15, -0.1) is 0 Å². The van der Waals surface area contributed by atoms with E-state index in [0.29, 0.717) is 0 Å². The second-order valence-electron chi connectivity index (χ2n) is 2.31. The van der Waals surface area contributed by atoms with Crippen molar-refractivity contribution >= 4 is 0 Å². The predicted octanol–water partition coefficient (Wildman–Crippen LogP) is -0.753. The highest BCUT2D eigenvalue weighted by Gasteiger charge is 2.12. The molecule has 0 aliphatic heterocycles. The first kappa shape index (κ1) is 7.88. The highest BCUT2D eigenvalue weighted by molar-refractivity contribution is 4.68. The Hall–Kier alpha value is -0.120. The van der Waals surface area contributed by atoms with E-state index in [9.17, 15) is 0 Å². The minimum atomic E-state index is -0.880. The third-order valence-electron chi connectivity index (χ3n) is 1.16. The lowest BCUT2D eigenvalue weighted by molar-refractivity contribution is 0.131. The zero-order valence-corrected chi connectivity index (χ0v) is 5.33. The van der Waals surface area contributed by atoms with Gasteiger partial charge in [-0.25, -0.2) is 0 Å². The largest absolute Gasteiger partial charge is 0.377 e. The van der Waals surface area contributed by atoms with Crippen molar-refractivity contribution in [2.24, 2.45) is 17.4 Å². The van der Waals surface area contributed by atoms with Crippen LogP contribution in [0.5, 0.6) is 0 Å². The van der Waals surface area contributed by atoms with Crippen molar-refractivity contribution in [3.63, 3.8) is 0 Å². The molecule has 0 aliphatic rings. The number of hydrogen-bond donors (Lipinski definition) is 3. The van der Waals surface area contributed by atoms with Gasteiger partial charge in [0, 0.05) is 6.04 Å². The molecule has 50 valence electrons. The number of rotatable bonds is 2. The normalized spacial score (nSPS) is 18.8. The standard InChI is InChI=1S/C5H14N2O/c1-3(2)4(6)5(7)8/h3-5,8H,6-7H2,1-2H3/t4-,5?/m1/s1. The predicted molar refractivity (Wildman–Crippen MR) is 33.0 cm³/mol. The van der Waals surface area contributed by atoms with Crippen LogP contribution in [0.1, 0.15) is 13.8 Å². The summed E-state index contributed by atoms with van der Waals surface area (Å²) in [4.78, 5) is 0. The SMILES string of the molecule is CC(C)[C@@H](N)C(N)O. The van der Waals surface area contributed by atoms with Crippen LogP contribution in [0, 0.1) is 5.92 Å². The van der Waals surface area contributed by atoms with Crippen LogP contribution in [-0.4, -0.2) is 17.4 Å². The summed E-state index contributed by atoms with van der Waals surface area (Å²) in [5.41, 5.74) is 10.5. The number of hydrogen-bond acceptors (Lipinski definition) is 3. The first-order valence-corrected chi connectivity index (χ1v) is 2.75. The summed E-state index contributed by atoms with van der Waals surface area (Å²) < 4.78 is 0. The molecule has 0 aliphatic carbocycles. The molecule has 3 nitrogen and oxygen atoms in total. The highest BCUT2D eigenvalue weighted by atomic mass is 16.3. The molecule has 0 fully saturated rings. The minimum Gasteiger partial charge on any atom is -0.377 e. The Morgan fingerprint density at radius 1 is 1.25 bits per heavy atom. The van der Waals surface area contributed by atoms with Crippen molar-refractivity contribution < 1.29 is 5.11 Å². The lowest BCUT2D eigenvalue weighted by Gasteiger charge is -2.17. The van der Waals surface area contributed by atoms with Crippen molar-refractivity contribution in [3.8, 4) is 0 Å². The number of nitrogens with two attached hydrogens (primary N) is 2. The van der Waals surface area contributed by atoms with Gasteiger partial charge in [0.15, 0.2) is 0 Å². The van der Waals surface area contributed by atoms with Gasteiger partial charge in [0.25, 0.3) is 0 Å². The second-order valence-corrected chi connectivity index (χ2v) is 2.31. The van der Waals surface area contributed by atoms with Crippen molar-refractivity contribution in [1.82, 2.24) is 0 Å². The molecule has 0 amide bonds. The maximum Gasteiger partial charge on any atom is 0.117 e. The Labute approximate surface area is 49.7 Å². The van der Waals surface area contributed by atoms with E-state index in [1.54, 1.807) is 0 Å². The van der Waals surface area contributed by atoms with Gasteiger partial charge in [-0.2, -0.15) is 0 Å². The Morgan fingerprint density at radius 2 is 1.62 bits per heavy atom. The number of aliphatic hydroxyl groups excluding tert-OH is 1. The zero-order valence-electron chi connectivity index (χ0n) is 5.33. The van der Waals surface area contributed by atoms with Crippen LogP contribution < -0.4 is 11.5 Å². The van der Waals surface area contributed by atoms with Crippen molar-refractivity contribution in [2.45, 2.75) is 26.1 Å². The van der Waals surface area contributed by atoms with E-state index in [1.165, 1.54) is 0 Å². The average molecular weight is 118 g/mol. The van der Waals surface area contributed by atoms with Gasteiger partial charge in [0.2, 0.25) is 0 Å². The molecule has 5 N–H and O–H groups in total. The average Bonchev–Trinajstić information content (AvgIpc) is 1.64. The van der Waals surface area contributed by atoms with Crippen LogP contribution in [0.25, 0.3) is 0 Å². The molecule has 1 unspecified atom stereocenters. The van der Waals surface area contributed by atoms with Gasteiger partial charge in [-0.3, -0.25) is 0 Å². The van der Waals surface area contributed by atoms with Crippen LogP contribution in [0.4, 0.5) is 0 Å². The first-order chi connectivity index (χ1) is 3.55. The quantitative estimate of drug-likeness (QED) is 0.418. The summed E-state index contributed by atoms with van der Waals surface area (Å²) in [5, 5.41) is 8.64. The van der Waals surface area contributed by atoms with Crippen LogP contribution in [0.2, 0.25) is 0 Å². The van der Waals surface area contributed by atoms with E-state index >= 15 is 0 Å². The van der Waals surface area contributed by atoms with Crippen molar-refractivity contribution in [1.29, 1.82) is 0 Å². The minimum absolute atomic E-state index is 0.245. The van der Waals surface area contributed by atoms with Gasteiger partial charge in [0.05, 0.1) is 0 Å². The molecule has 0 aromatic heterocycles. The van der Waals surface area contributed by atoms with Crippen molar-refractivity contribution in [2.75, 3.05) is 0 Å². The lowest BCUT2D eigenvalue weighted by atomic mass is 10.0. The molecule has 0 saturated carbocycles. The third-order valence-corrected chi connectivity index (χ3v) is 1.16. The van der Waals surface area contributed by atoms with Gasteiger partial charge >= 0.3 is 0 Å².